The maximum atomic E-state index is 11.3. The number of aromatic carboxylic acids is 1. The van der Waals surface area contributed by atoms with E-state index in [1.807, 2.05) is 18.2 Å². The highest BCUT2D eigenvalue weighted by Crippen LogP contribution is 2.25. The van der Waals surface area contributed by atoms with Crippen molar-refractivity contribution in [1.29, 1.82) is 0 Å². The van der Waals surface area contributed by atoms with E-state index in [4.69, 9.17) is 5.11 Å². The van der Waals surface area contributed by atoms with Gasteiger partial charge in [-0.2, -0.15) is 0 Å². The van der Waals surface area contributed by atoms with Crippen LogP contribution in [-0.2, 0) is 11.3 Å². The number of para-hydroxylation sites is 1. The summed E-state index contributed by atoms with van der Waals surface area (Å²) >= 11 is 0. The second-order valence-electron chi connectivity index (χ2n) is 4.09. The van der Waals surface area contributed by atoms with Gasteiger partial charge < -0.3 is 14.8 Å². The van der Waals surface area contributed by atoms with Gasteiger partial charge in [-0.05, 0) is 18.6 Å². The molecule has 0 aliphatic carbocycles. The highest BCUT2D eigenvalue weighted by molar-refractivity contribution is 5.98. The van der Waals surface area contributed by atoms with Crippen LogP contribution in [0.3, 0.4) is 0 Å². The highest BCUT2D eigenvalue weighted by Gasteiger charge is 2.19. The van der Waals surface area contributed by atoms with Crippen molar-refractivity contribution < 1.29 is 19.8 Å². The normalized spacial score (nSPS) is 10.7. The molecule has 0 aliphatic heterocycles. The molecule has 1 aromatic heterocycles. The molecule has 0 atom stereocenters. The summed E-state index contributed by atoms with van der Waals surface area (Å²) in [6, 6.07) is 7.29. The summed E-state index contributed by atoms with van der Waals surface area (Å²) in [5.41, 5.74) is 1.59. The number of nitrogens with zero attached hydrogens (tertiary/aromatic N) is 1. The molecule has 0 aliphatic rings. The van der Waals surface area contributed by atoms with Crippen LogP contribution in [0.1, 0.15) is 22.5 Å². The van der Waals surface area contributed by atoms with Gasteiger partial charge in [-0.1, -0.05) is 18.2 Å². The lowest BCUT2D eigenvalue weighted by Crippen LogP contribution is -2.12. The summed E-state index contributed by atoms with van der Waals surface area (Å²) in [4.78, 5) is 21.9. The van der Waals surface area contributed by atoms with Crippen molar-refractivity contribution in [2.24, 2.45) is 0 Å². The van der Waals surface area contributed by atoms with Crippen molar-refractivity contribution in [2.75, 3.05) is 0 Å². The molecule has 0 unspecified atom stereocenters. The highest BCUT2D eigenvalue weighted by atomic mass is 16.4. The van der Waals surface area contributed by atoms with Crippen molar-refractivity contribution in [3.63, 3.8) is 0 Å². The Morgan fingerprint density at radius 3 is 2.50 bits per heavy atom. The van der Waals surface area contributed by atoms with Crippen LogP contribution in [-0.4, -0.2) is 26.7 Å². The van der Waals surface area contributed by atoms with E-state index in [0.29, 0.717) is 5.56 Å². The molecule has 0 saturated carbocycles. The van der Waals surface area contributed by atoms with Crippen LogP contribution in [0.5, 0.6) is 0 Å². The Kier molecular flexibility index (Phi) is 3.06. The Morgan fingerprint density at radius 1 is 1.22 bits per heavy atom. The maximum absolute atomic E-state index is 11.3. The summed E-state index contributed by atoms with van der Waals surface area (Å²) < 4.78 is 1.56. The Hall–Kier alpha value is -2.30. The van der Waals surface area contributed by atoms with E-state index >= 15 is 0 Å². The Bertz CT molecular complexity index is 627. The first-order chi connectivity index (χ1) is 8.52. The smallest absolute Gasteiger partial charge is 0.352 e. The standard InChI is InChI=1S/C13H13NO4/c1-8-9-4-2-3-5-10(9)14(7-6-11(15)16)12(8)13(17)18/h2-5H,6-7H2,1H3,(H,15,16)(H,17,18). The third-order valence-corrected chi connectivity index (χ3v) is 2.98. The topological polar surface area (TPSA) is 79.5 Å². The Morgan fingerprint density at radius 2 is 1.89 bits per heavy atom. The zero-order chi connectivity index (χ0) is 13.3. The lowest BCUT2D eigenvalue weighted by atomic mass is 10.1. The number of aliphatic carboxylic acids is 1. The molecule has 1 aromatic carbocycles. The van der Waals surface area contributed by atoms with Gasteiger partial charge in [-0.25, -0.2) is 4.79 Å². The number of hydrogen-bond acceptors (Lipinski definition) is 2. The fourth-order valence-corrected chi connectivity index (χ4v) is 2.19. The molecule has 0 radical (unpaired) electrons. The zero-order valence-corrected chi connectivity index (χ0v) is 9.88. The van der Waals surface area contributed by atoms with Gasteiger partial charge in [0.2, 0.25) is 0 Å². The van der Waals surface area contributed by atoms with Crippen LogP contribution in [0.25, 0.3) is 10.9 Å². The lowest BCUT2D eigenvalue weighted by molar-refractivity contribution is -0.137. The second kappa shape index (κ2) is 4.52. The largest absolute Gasteiger partial charge is 0.481 e. The predicted molar refractivity (Wildman–Crippen MR) is 65.9 cm³/mol. The Balaban J connectivity index is 2.63. The zero-order valence-electron chi connectivity index (χ0n) is 9.88. The van der Waals surface area contributed by atoms with Crippen LogP contribution in [0.2, 0.25) is 0 Å². The average Bonchev–Trinajstić information content (AvgIpc) is 2.60. The van der Waals surface area contributed by atoms with Crippen LogP contribution < -0.4 is 0 Å². The van der Waals surface area contributed by atoms with Crippen LogP contribution in [0, 0.1) is 6.92 Å². The quantitative estimate of drug-likeness (QED) is 0.867. The molecule has 0 spiro atoms. The van der Waals surface area contributed by atoms with Gasteiger partial charge >= 0.3 is 11.9 Å². The predicted octanol–water partition coefficient (Wildman–Crippen LogP) is 2.12. The molecule has 0 bridgehead atoms. The minimum absolute atomic E-state index is 0.0988. The molecular formula is C13H13NO4. The number of rotatable bonds is 4. The van der Waals surface area contributed by atoms with Gasteiger partial charge in [0.15, 0.2) is 0 Å². The van der Waals surface area contributed by atoms with Crippen molar-refractivity contribution >= 4 is 22.8 Å². The van der Waals surface area contributed by atoms with E-state index in [9.17, 15) is 14.7 Å². The van der Waals surface area contributed by atoms with Gasteiger partial charge in [-0.3, -0.25) is 4.79 Å². The van der Waals surface area contributed by atoms with E-state index < -0.39 is 11.9 Å². The summed E-state index contributed by atoms with van der Waals surface area (Å²) in [7, 11) is 0. The van der Waals surface area contributed by atoms with Crippen molar-refractivity contribution in [1.82, 2.24) is 4.57 Å². The van der Waals surface area contributed by atoms with Crippen LogP contribution in [0.15, 0.2) is 24.3 Å². The fraction of sp³-hybridized carbons (Fsp3) is 0.231. The van der Waals surface area contributed by atoms with Crippen LogP contribution >= 0.6 is 0 Å². The number of fused-ring (bicyclic) bond motifs is 1. The van der Waals surface area contributed by atoms with E-state index in [2.05, 4.69) is 0 Å². The summed E-state index contributed by atoms with van der Waals surface area (Å²) in [6.45, 7) is 1.90. The summed E-state index contributed by atoms with van der Waals surface area (Å²) in [5.74, 6) is -1.98. The molecule has 18 heavy (non-hydrogen) atoms. The van der Waals surface area contributed by atoms with Crippen molar-refractivity contribution in [3.05, 3.63) is 35.5 Å². The molecule has 0 fully saturated rings. The molecule has 1 heterocycles. The maximum Gasteiger partial charge on any atom is 0.352 e. The van der Waals surface area contributed by atoms with Gasteiger partial charge in [0.1, 0.15) is 5.69 Å². The van der Waals surface area contributed by atoms with Crippen molar-refractivity contribution in [3.8, 4) is 0 Å². The Labute approximate surface area is 103 Å². The van der Waals surface area contributed by atoms with E-state index in [1.165, 1.54) is 0 Å². The summed E-state index contributed by atoms with van der Waals surface area (Å²) in [5, 5.41) is 18.8. The minimum atomic E-state index is -1.03. The van der Waals surface area contributed by atoms with Crippen LogP contribution in [0.4, 0.5) is 0 Å². The minimum Gasteiger partial charge on any atom is -0.481 e. The molecule has 5 nitrogen and oxygen atoms in total. The molecule has 0 amide bonds. The van der Waals surface area contributed by atoms with Gasteiger partial charge in [0.25, 0.3) is 0 Å². The van der Waals surface area contributed by atoms with Gasteiger partial charge in [-0.15, -0.1) is 0 Å². The molecule has 0 saturated heterocycles. The first-order valence-electron chi connectivity index (χ1n) is 5.55. The number of carbonyl (C=O) groups is 2. The molecule has 5 heteroatoms. The number of benzene rings is 1. The number of carboxylic acid groups (broad SMARTS) is 2. The third-order valence-electron chi connectivity index (χ3n) is 2.98. The molecular weight excluding hydrogens is 234 g/mol. The molecule has 2 N–H and O–H groups in total. The molecule has 2 aromatic rings. The van der Waals surface area contributed by atoms with E-state index in [0.717, 1.165) is 10.9 Å². The number of hydrogen-bond donors (Lipinski definition) is 2. The monoisotopic (exact) mass is 247 g/mol. The fourth-order valence-electron chi connectivity index (χ4n) is 2.19. The average molecular weight is 247 g/mol. The van der Waals surface area contributed by atoms with E-state index in [1.54, 1.807) is 17.6 Å². The summed E-state index contributed by atoms with van der Waals surface area (Å²) in [6.07, 6.45) is -0.0988. The molecule has 2 rings (SSSR count). The van der Waals surface area contributed by atoms with E-state index in [-0.39, 0.29) is 18.7 Å². The first kappa shape index (κ1) is 12.2. The number of aryl methyl sites for hydroxylation is 2. The number of carboxylic acids is 2. The van der Waals surface area contributed by atoms with Crippen molar-refractivity contribution in [2.45, 2.75) is 19.9 Å². The third kappa shape index (κ3) is 1.95. The lowest BCUT2D eigenvalue weighted by Gasteiger charge is -2.06. The molecule has 94 valence electrons. The first-order valence-corrected chi connectivity index (χ1v) is 5.55. The van der Waals surface area contributed by atoms with Gasteiger partial charge in [0.05, 0.1) is 6.42 Å². The SMILES string of the molecule is Cc1c(C(=O)O)n(CCC(=O)O)c2ccccc12. The second-order valence-corrected chi connectivity index (χ2v) is 4.09. The van der Waals surface area contributed by atoms with Gasteiger partial charge in [0, 0.05) is 17.4 Å². The number of aromatic nitrogens is 1.